The van der Waals surface area contributed by atoms with Crippen LogP contribution in [0.25, 0.3) is 11.4 Å². The Balaban J connectivity index is 1.93. The zero-order valence-electron chi connectivity index (χ0n) is 20.3. The van der Waals surface area contributed by atoms with Crippen LogP contribution < -0.4 is 16.7 Å². The fraction of sp³-hybridized carbons (Fsp3) is 0.333. The van der Waals surface area contributed by atoms with Crippen LogP contribution in [0.5, 0.6) is 0 Å². The van der Waals surface area contributed by atoms with Crippen LogP contribution in [0.1, 0.15) is 23.5 Å². The maximum atomic E-state index is 13.2. The number of carbonyl (C=O) groups excluding carboxylic acids is 2. The minimum atomic E-state index is -5.06. The number of alkyl halides is 6. The van der Waals surface area contributed by atoms with Crippen molar-refractivity contribution in [2.45, 2.75) is 43.9 Å². The Kier molecular flexibility index (Phi) is 9.30. The lowest BCUT2D eigenvalue weighted by atomic mass is 9.92. The first kappa shape index (κ1) is 30.7. The number of urea groups is 1. The molecular weight excluding hydrogens is 572 g/mol. The molecule has 0 fully saturated rings. The molecule has 16 heteroatoms. The van der Waals surface area contributed by atoms with E-state index >= 15 is 0 Å². The highest BCUT2D eigenvalue weighted by molar-refractivity contribution is 6.30. The highest BCUT2D eigenvalue weighted by atomic mass is 35.5. The number of halogens is 7. The number of ketones is 1. The second kappa shape index (κ2) is 12.1. The third kappa shape index (κ3) is 7.85. The number of nitrogens with one attached hydrogen (secondary N) is 1. The number of hydrogen-bond acceptors (Lipinski definition) is 5. The van der Waals surface area contributed by atoms with Crippen LogP contribution >= 0.6 is 11.6 Å². The standard InChI is InChI=1S/C24H22ClF6N5O4/c25-17-6-4-13(5-7-17)20-34-36(22(40)35(20)12-19(38)24(29,30)31)11-18(37)9-15(10-33-21(32)39)14-2-1-3-16(8-14)23(26,27)28/h1-8,15,19,38H,9-12H2,(H3,32,33,39)/t15?,19-/m0/s1. The zero-order chi connectivity index (χ0) is 29.8. The lowest BCUT2D eigenvalue weighted by molar-refractivity contribution is -0.207. The third-order valence-electron chi connectivity index (χ3n) is 5.77. The van der Waals surface area contributed by atoms with Crippen LogP contribution in [0, 0.1) is 0 Å². The highest BCUT2D eigenvalue weighted by Crippen LogP contribution is 2.32. The lowest BCUT2D eigenvalue weighted by Gasteiger charge is -2.18. The number of benzene rings is 2. The van der Waals surface area contributed by atoms with Crippen molar-refractivity contribution in [1.29, 1.82) is 0 Å². The van der Waals surface area contributed by atoms with E-state index in [1.54, 1.807) is 0 Å². The summed E-state index contributed by atoms with van der Waals surface area (Å²) in [6.07, 6.45) is -13.1. The topological polar surface area (TPSA) is 132 Å². The predicted molar refractivity (Wildman–Crippen MR) is 130 cm³/mol. The van der Waals surface area contributed by atoms with Gasteiger partial charge in [-0.3, -0.25) is 9.36 Å². The molecule has 1 aromatic heterocycles. The Bertz CT molecular complexity index is 1420. The number of Topliss-reactive ketones (excluding diaryl/α,β-unsaturated/α-hetero) is 1. The third-order valence-corrected chi connectivity index (χ3v) is 6.02. The van der Waals surface area contributed by atoms with E-state index in [9.17, 15) is 45.8 Å². The van der Waals surface area contributed by atoms with Gasteiger partial charge in [-0.15, -0.1) is 5.10 Å². The molecule has 1 unspecified atom stereocenters. The van der Waals surface area contributed by atoms with E-state index in [2.05, 4.69) is 10.4 Å². The lowest BCUT2D eigenvalue weighted by Crippen LogP contribution is -2.37. The van der Waals surface area contributed by atoms with Crippen LogP contribution in [0.2, 0.25) is 5.02 Å². The summed E-state index contributed by atoms with van der Waals surface area (Å²) in [6, 6.07) is 8.59. The van der Waals surface area contributed by atoms with Crippen molar-refractivity contribution in [3.05, 3.63) is 75.2 Å². The molecule has 216 valence electrons. The molecule has 0 spiro atoms. The number of carbonyl (C=O) groups is 2. The van der Waals surface area contributed by atoms with Crippen molar-refractivity contribution in [3.63, 3.8) is 0 Å². The van der Waals surface area contributed by atoms with Crippen LogP contribution in [-0.2, 0) is 24.1 Å². The number of aliphatic hydroxyl groups excluding tert-OH is 1. The number of amides is 2. The summed E-state index contributed by atoms with van der Waals surface area (Å²) >= 11 is 5.84. The first-order valence-electron chi connectivity index (χ1n) is 11.5. The van der Waals surface area contributed by atoms with E-state index in [4.69, 9.17) is 17.3 Å². The van der Waals surface area contributed by atoms with Gasteiger partial charge in [0.2, 0.25) is 0 Å². The molecule has 0 saturated heterocycles. The molecule has 1 heterocycles. The maximum Gasteiger partial charge on any atom is 0.416 e. The molecule has 3 rings (SSSR count). The summed E-state index contributed by atoms with van der Waals surface area (Å²) in [5, 5.41) is 16.1. The molecule has 0 aliphatic carbocycles. The maximum absolute atomic E-state index is 13.2. The summed E-state index contributed by atoms with van der Waals surface area (Å²) in [4.78, 5) is 37.1. The fourth-order valence-corrected chi connectivity index (χ4v) is 3.93. The van der Waals surface area contributed by atoms with Gasteiger partial charge in [-0.25, -0.2) is 14.3 Å². The van der Waals surface area contributed by atoms with Crippen molar-refractivity contribution in [2.24, 2.45) is 5.73 Å². The second-order valence-corrected chi connectivity index (χ2v) is 9.18. The van der Waals surface area contributed by atoms with Crippen LogP contribution in [-0.4, -0.2) is 50.1 Å². The first-order chi connectivity index (χ1) is 18.6. The molecule has 0 aliphatic rings. The van der Waals surface area contributed by atoms with Crippen molar-refractivity contribution in [3.8, 4) is 11.4 Å². The van der Waals surface area contributed by atoms with Gasteiger partial charge in [0.25, 0.3) is 0 Å². The SMILES string of the molecule is NC(=O)NCC(CC(=O)Cn1nc(-c2ccc(Cl)cc2)n(C[C@H](O)C(F)(F)F)c1=O)c1cccc(C(F)(F)F)c1. The van der Waals surface area contributed by atoms with Crippen LogP contribution in [0.4, 0.5) is 31.1 Å². The van der Waals surface area contributed by atoms with E-state index in [0.29, 0.717) is 9.25 Å². The zero-order valence-corrected chi connectivity index (χ0v) is 21.1. The van der Waals surface area contributed by atoms with Crippen LogP contribution in [0.3, 0.4) is 0 Å². The van der Waals surface area contributed by atoms with E-state index in [1.807, 2.05) is 0 Å². The molecule has 40 heavy (non-hydrogen) atoms. The summed E-state index contributed by atoms with van der Waals surface area (Å²) in [6.45, 7) is -2.30. The fourth-order valence-electron chi connectivity index (χ4n) is 3.80. The van der Waals surface area contributed by atoms with Gasteiger partial charge in [-0.2, -0.15) is 26.3 Å². The van der Waals surface area contributed by atoms with E-state index in [0.717, 1.165) is 18.2 Å². The molecule has 9 nitrogen and oxygen atoms in total. The van der Waals surface area contributed by atoms with Gasteiger partial charge in [-0.1, -0.05) is 29.8 Å². The van der Waals surface area contributed by atoms with E-state index in [-0.39, 0.29) is 28.5 Å². The molecule has 0 radical (unpaired) electrons. The molecule has 2 aromatic carbocycles. The van der Waals surface area contributed by atoms with Gasteiger partial charge in [0, 0.05) is 29.5 Å². The van der Waals surface area contributed by atoms with Crippen LogP contribution in [0.15, 0.2) is 53.3 Å². The Morgan fingerprint density at radius 1 is 1.07 bits per heavy atom. The van der Waals surface area contributed by atoms with Gasteiger partial charge in [0.15, 0.2) is 17.7 Å². The quantitative estimate of drug-likeness (QED) is 0.308. The second-order valence-electron chi connectivity index (χ2n) is 8.75. The summed E-state index contributed by atoms with van der Waals surface area (Å²) in [5.41, 5.74) is 3.13. The minimum Gasteiger partial charge on any atom is -0.382 e. The highest BCUT2D eigenvalue weighted by Gasteiger charge is 2.39. The minimum absolute atomic E-state index is 0.0463. The number of aliphatic hydroxyl groups is 1. The molecule has 2 amide bonds. The first-order valence-corrected chi connectivity index (χ1v) is 11.8. The van der Waals surface area contributed by atoms with Crippen molar-refractivity contribution < 1.29 is 41.0 Å². The number of nitrogens with two attached hydrogens (primary N) is 1. The average Bonchev–Trinajstić information content (AvgIpc) is 3.15. The average molecular weight is 594 g/mol. The molecule has 0 bridgehead atoms. The monoisotopic (exact) mass is 593 g/mol. The molecule has 0 aliphatic heterocycles. The van der Waals surface area contributed by atoms with Gasteiger partial charge < -0.3 is 16.2 Å². The summed E-state index contributed by atoms with van der Waals surface area (Å²) < 4.78 is 79.8. The Hall–Kier alpha value is -3.85. The predicted octanol–water partition coefficient (Wildman–Crippen LogP) is 3.72. The Morgan fingerprint density at radius 3 is 2.30 bits per heavy atom. The van der Waals surface area contributed by atoms with Gasteiger partial charge >= 0.3 is 24.1 Å². The Morgan fingerprint density at radius 2 is 1.73 bits per heavy atom. The van der Waals surface area contributed by atoms with Gasteiger partial charge in [-0.05, 0) is 35.9 Å². The van der Waals surface area contributed by atoms with Crippen molar-refractivity contribution in [2.75, 3.05) is 6.54 Å². The smallest absolute Gasteiger partial charge is 0.382 e. The van der Waals surface area contributed by atoms with Crippen molar-refractivity contribution >= 4 is 23.4 Å². The molecule has 0 saturated carbocycles. The van der Waals surface area contributed by atoms with Gasteiger partial charge in [0.05, 0.1) is 12.1 Å². The van der Waals surface area contributed by atoms with Crippen molar-refractivity contribution in [1.82, 2.24) is 19.7 Å². The molecule has 4 N–H and O–H groups in total. The molecule has 3 aromatic rings. The van der Waals surface area contributed by atoms with Gasteiger partial charge in [0.1, 0.15) is 6.54 Å². The largest absolute Gasteiger partial charge is 0.416 e. The number of hydrogen-bond donors (Lipinski definition) is 3. The van der Waals surface area contributed by atoms with E-state index < -0.39 is 67.0 Å². The summed E-state index contributed by atoms with van der Waals surface area (Å²) in [7, 11) is 0. The van der Waals surface area contributed by atoms with E-state index in [1.165, 1.54) is 30.3 Å². The normalized spacial score (nSPS) is 13.6. The molecular formula is C24H22ClF6N5O4. The number of primary amides is 1. The molecule has 2 atom stereocenters. The Labute approximate surface area is 227 Å². The summed E-state index contributed by atoms with van der Waals surface area (Å²) in [5.74, 6) is -2.02. The number of nitrogens with zero attached hydrogens (tertiary/aromatic N) is 3. The number of aromatic nitrogens is 3. The number of rotatable bonds is 10.